The summed E-state index contributed by atoms with van der Waals surface area (Å²) < 4.78 is 0. The third-order valence-electron chi connectivity index (χ3n) is 4.88. The van der Waals surface area contributed by atoms with Gasteiger partial charge in [0.1, 0.15) is 0 Å². The van der Waals surface area contributed by atoms with Crippen LogP contribution in [0.4, 0.5) is 22.7 Å². The smallest absolute Gasteiger partial charge is 0.271 e. The molecule has 0 bridgehead atoms. The van der Waals surface area contributed by atoms with Gasteiger partial charge in [-0.2, -0.15) is 0 Å². The highest BCUT2D eigenvalue weighted by Crippen LogP contribution is 2.26. The number of nitrogens with one attached hydrogen (secondary N) is 2. The Hall–Kier alpha value is -4.27. The van der Waals surface area contributed by atoms with Crippen LogP contribution in [0.5, 0.6) is 0 Å². The van der Waals surface area contributed by atoms with Crippen LogP contribution in [-0.2, 0) is 0 Å². The van der Waals surface area contributed by atoms with E-state index in [4.69, 9.17) is 0 Å². The molecule has 0 aliphatic heterocycles. The summed E-state index contributed by atoms with van der Waals surface area (Å²) in [4.78, 5) is 26.0. The molecule has 3 aromatic rings. The normalized spacial score (nSPS) is 14.2. The summed E-state index contributed by atoms with van der Waals surface area (Å²) in [5.41, 5.74) is 2.82. The van der Waals surface area contributed by atoms with Crippen molar-refractivity contribution < 1.29 is 9.85 Å². The maximum Gasteiger partial charge on any atom is 0.271 e. The molecular weight excluding hydrogens is 398 g/mol. The maximum atomic E-state index is 11.2. The van der Waals surface area contributed by atoms with Crippen molar-refractivity contribution in [2.75, 3.05) is 17.7 Å². The van der Waals surface area contributed by atoms with E-state index in [2.05, 4.69) is 28.8 Å². The maximum absolute atomic E-state index is 11.2. The van der Waals surface area contributed by atoms with Gasteiger partial charge in [0.2, 0.25) is 6.04 Å². The van der Waals surface area contributed by atoms with E-state index in [1.54, 1.807) is 12.1 Å². The molecular formula is C22H21N5O4. The molecule has 4 rings (SSSR count). The molecule has 1 aromatic heterocycles. The molecule has 1 heterocycles. The van der Waals surface area contributed by atoms with Crippen LogP contribution in [0.3, 0.4) is 0 Å². The van der Waals surface area contributed by atoms with Gasteiger partial charge in [0, 0.05) is 58.6 Å². The Morgan fingerprint density at radius 1 is 1.06 bits per heavy atom. The number of pyridine rings is 1. The molecule has 1 atom stereocenters. The second-order valence-corrected chi connectivity index (χ2v) is 6.66. The van der Waals surface area contributed by atoms with E-state index < -0.39 is 11.0 Å². The first kappa shape index (κ1) is 21.4. The van der Waals surface area contributed by atoms with Gasteiger partial charge in [-0.05, 0) is 30.3 Å². The minimum absolute atomic E-state index is 0.0834. The van der Waals surface area contributed by atoms with Gasteiger partial charge < -0.3 is 10.6 Å². The van der Waals surface area contributed by atoms with Gasteiger partial charge in [-0.3, -0.25) is 20.2 Å². The largest absolute Gasteiger partial charge is 0.388 e. The average Bonchev–Trinajstić information content (AvgIpc) is 2.79. The number of nitro groups is 2. The highest BCUT2D eigenvalue weighted by atomic mass is 16.6. The molecule has 1 aliphatic rings. The SMILES string of the molecule is C=C.CNc1ccc(Nc2c3c(nc4cc([N+](=O)[O-])ccc24)=CC([N+](=O)[O-])CC=3)cc1. The number of benzene rings is 2. The van der Waals surface area contributed by atoms with Crippen molar-refractivity contribution in [1.29, 1.82) is 0 Å². The number of hydrogen-bond acceptors (Lipinski definition) is 7. The Kier molecular flexibility index (Phi) is 6.25. The van der Waals surface area contributed by atoms with Gasteiger partial charge in [0.25, 0.3) is 5.69 Å². The summed E-state index contributed by atoms with van der Waals surface area (Å²) >= 11 is 0. The Bertz CT molecular complexity index is 1270. The molecule has 2 N–H and O–H groups in total. The number of hydrogen-bond donors (Lipinski definition) is 2. The standard InChI is InChI=1S/C20H17N5O4.C2H4/c1-21-12-2-4-13(5-3-12)22-20-16-8-6-14(24(26)27)10-18(16)23-19-11-15(25(28)29)7-9-17(19)20;1-2/h2-6,8-11,15,21-22H,7H2,1H3;1-2H2. The van der Waals surface area contributed by atoms with Gasteiger partial charge in [0.05, 0.1) is 21.5 Å². The molecule has 2 aromatic carbocycles. The molecule has 0 radical (unpaired) electrons. The minimum Gasteiger partial charge on any atom is -0.388 e. The summed E-state index contributed by atoms with van der Waals surface area (Å²) in [5.74, 6) is 0. The van der Waals surface area contributed by atoms with E-state index in [0.29, 0.717) is 16.3 Å². The van der Waals surface area contributed by atoms with Crippen LogP contribution in [0.1, 0.15) is 6.42 Å². The van der Waals surface area contributed by atoms with E-state index in [1.807, 2.05) is 31.3 Å². The second-order valence-electron chi connectivity index (χ2n) is 6.66. The van der Waals surface area contributed by atoms with Crippen molar-refractivity contribution in [3.05, 3.63) is 86.4 Å². The van der Waals surface area contributed by atoms with Crippen molar-refractivity contribution in [2.24, 2.45) is 0 Å². The highest BCUT2D eigenvalue weighted by molar-refractivity contribution is 5.95. The number of aromatic nitrogens is 1. The summed E-state index contributed by atoms with van der Waals surface area (Å²) in [6, 6.07) is 11.2. The molecule has 1 unspecified atom stereocenters. The number of rotatable bonds is 5. The van der Waals surface area contributed by atoms with Crippen LogP contribution in [0.2, 0.25) is 0 Å². The second kappa shape index (κ2) is 9.04. The van der Waals surface area contributed by atoms with Gasteiger partial charge in [-0.1, -0.05) is 6.08 Å². The zero-order chi connectivity index (χ0) is 22.5. The summed E-state index contributed by atoms with van der Waals surface area (Å²) in [7, 11) is 1.83. The molecule has 0 fully saturated rings. The molecule has 0 saturated heterocycles. The van der Waals surface area contributed by atoms with Crippen LogP contribution in [0.15, 0.2) is 55.6 Å². The third kappa shape index (κ3) is 4.35. The molecule has 9 heteroatoms. The van der Waals surface area contributed by atoms with E-state index in [-0.39, 0.29) is 17.0 Å². The number of nitro benzene ring substituents is 1. The molecule has 0 amide bonds. The number of anilines is 3. The lowest BCUT2D eigenvalue weighted by molar-refractivity contribution is -0.503. The van der Waals surface area contributed by atoms with Gasteiger partial charge >= 0.3 is 0 Å². The number of nitrogens with zero attached hydrogens (tertiary/aromatic N) is 3. The Balaban J connectivity index is 0.00000132. The molecule has 0 saturated carbocycles. The van der Waals surface area contributed by atoms with Gasteiger partial charge in [-0.15, -0.1) is 13.2 Å². The summed E-state index contributed by atoms with van der Waals surface area (Å²) in [5, 5.41) is 30.7. The first-order valence-electron chi connectivity index (χ1n) is 9.45. The first-order chi connectivity index (χ1) is 15.0. The van der Waals surface area contributed by atoms with Crippen molar-refractivity contribution >= 4 is 45.8 Å². The lowest BCUT2D eigenvalue weighted by Crippen LogP contribution is -2.37. The van der Waals surface area contributed by atoms with E-state index in [9.17, 15) is 20.2 Å². The summed E-state index contributed by atoms with van der Waals surface area (Å²) in [6.45, 7) is 6.00. The molecule has 1 aliphatic carbocycles. The Morgan fingerprint density at radius 2 is 1.74 bits per heavy atom. The predicted octanol–water partition coefficient (Wildman–Crippen LogP) is 3.34. The zero-order valence-electron chi connectivity index (χ0n) is 16.9. The number of fused-ring (bicyclic) bond motifs is 2. The fourth-order valence-electron chi connectivity index (χ4n) is 3.37. The van der Waals surface area contributed by atoms with Gasteiger partial charge in [0.15, 0.2) is 0 Å². The van der Waals surface area contributed by atoms with E-state index in [0.717, 1.165) is 22.3 Å². The highest BCUT2D eigenvalue weighted by Gasteiger charge is 2.21. The molecule has 9 nitrogen and oxygen atoms in total. The lowest BCUT2D eigenvalue weighted by Gasteiger charge is -2.15. The molecule has 158 valence electrons. The third-order valence-corrected chi connectivity index (χ3v) is 4.88. The summed E-state index contributed by atoms with van der Waals surface area (Å²) in [6.07, 6.45) is 3.55. The quantitative estimate of drug-likeness (QED) is 0.369. The number of non-ortho nitro benzene ring substituents is 1. The van der Waals surface area contributed by atoms with Crippen LogP contribution in [0, 0.1) is 20.2 Å². The lowest BCUT2D eigenvalue weighted by atomic mass is 10.0. The van der Waals surface area contributed by atoms with Crippen molar-refractivity contribution in [1.82, 2.24) is 4.98 Å². The predicted molar refractivity (Wildman–Crippen MR) is 123 cm³/mol. The Morgan fingerprint density at radius 3 is 2.35 bits per heavy atom. The minimum atomic E-state index is -0.867. The van der Waals surface area contributed by atoms with Crippen molar-refractivity contribution in [3.63, 3.8) is 0 Å². The van der Waals surface area contributed by atoms with E-state index >= 15 is 0 Å². The molecule has 0 spiro atoms. The van der Waals surface area contributed by atoms with Gasteiger partial charge in [-0.25, -0.2) is 4.98 Å². The fourth-order valence-corrected chi connectivity index (χ4v) is 3.37. The average molecular weight is 419 g/mol. The van der Waals surface area contributed by atoms with Crippen LogP contribution in [-0.4, -0.2) is 27.9 Å². The van der Waals surface area contributed by atoms with Crippen LogP contribution >= 0.6 is 0 Å². The van der Waals surface area contributed by atoms with Crippen LogP contribution < -0.4 is 21.2 Å². The topological polar surface area (TPSA) is 123 Å². The fraction of sp³-hybridized carbons (Fsp3) is 0.136. The first-order valence-corrected chi connectivity index (χ1v) is 9.45. The monoisotopic (exact) mass is 419 g/mol. The zero-order valence-corrected chi connectivity index (χ0v) is 16.9. The van der Waals surface area contributed by atoms with Crippen molar-refractivity contribution in [2.45, 2.75) is 12.5 Å². The molecule has 31 heavy (non-hydrogen) atoms. The van der Waals surface area contributed by atoms with E-state index in [1.165, 1.54) is 18.2 Å². The Labute approximate surface area is 177 Å². The van der Waals surface area contributed by atoms with Crippen molar-refractivity contribution in [3.8, 4) is 0 Å². The van der Waals surface area contributed by atoms with Crippen LogP contribution in [0.25, 0.3) is 23.1 Å².